The van der Waals surface area contributed by atoms with Crippen LogP contribution in [0.15, 0.2) is 40.9 Å². The highest BCUT2D eigenvalue weighted by Gasteiger charge is 2.06. The fourth-order valence-electron chi connectivity index (χ4n) is 0.940. The van der Waals surface area contributed by atoms with E-state index in [9.17, 15) is 0 Å². The minimum absolute atomic E-state index is 0.507. The lowest BCUT2D eigenvalue weighted by molar-refractivity contribution is 0.960. The molecule has 0 saturated carbocycles. The Morgan fingerprint density at radius 3 is 2.60 bits per heavy atom. The van der Waals surface area contributed by atoms with Crippen molar-refractivity contribution in [1.82, 2.24) is 15.0 Å². The summed E-state index contributed by atoms with van der Waals surface area (Å²) in [5, 5.41) is 1.76. The number of nitrogen functional groups attached to an aromatic ring is 1. The zero-order valence-corrected chi connectivity index (χ0v) is 9.16. The van der Waals surface area contributed by atoms with Crippen molar-refractivity contribution in [2.24, 2.45) is 0 Å². The second kappa shape index (κ2) is 4.46. The third-order valence-corrected chi connectivity index (χ3v) is 2.87. The van der Waals surface area contributed by atoms with E-state index in [-0.39, 0.29) is 0 Å². The molecule has 2 rings (SSSR count). The van der Waals surface area contributed by atoms with Gasteiger partial charge in [-0.05, 0) is 23.9 Å². The molecule has 0 aromatic carbocycles. The maximum absolute atomic E-state index is 5.96. The second-order valence-electron chi connectivity index (χ2n) is 2.69. The van der Waals surface area contributed by atoms with E-state index in [1.165, 1.54) is 11.8 Å². The zero-order valence-electron chi connectivity index (χ0n) is 7.59. The molecule has 2 aromatic heterocycles. The molecule has 15 heavy (non-hydrogen) atoms. The van der Waals surface area contributed by atoms with Crippen LogP contribution in [0.3, 0.4) is 0 Å². The van der Waals surface area contributed by atoms with Crippen LogP contribution in [0.25, 0.3) is 0 Å². The highest BCUT2D eigenvalue weighted by atomic mass is 35.5. The molecule has 0 aliphatic rings. The highest BCUT2D eigenvalue weighted by Crippen LogP contribution is 2.29. The van der Waals surface area contributed by atoms with E-state index in [2.05, 4.69) is 15.0 Å². The molecule has 2 heterocycles. The zero-order chi connectivity index (χ0) is 10.7. The molecule has 0 aliphatic carbocycles. The second-order valence-corrected chi connectivity index (χ2v) is 4.05. The Morgan fingerprint density at radius 2 is 1.93 bits per heavy atom. The summed E-state index contributed by atoms with van der Waals surface area (Å²) in [6, 6.07) is 3.40. The molecule has 0 spiro atoms. The fraction of sp³-hybridized carbons (Fsp3) is 0. The molecule has 0 atom stereocenters. The summed E-state index contributed by atoms with van der Waals surface area (Å²) >= 11 is 7.26. The lowest BCUT2D eigenvalue weighted by Crippen LogP contribution is -1.90. The number of rotatable bonds is 2. The Balaban J connectivity index is 2.25. The molecule has 0 fully saturated rings. The molecular formula is C9H7ClN4S. The van der Waals surface area contributed by atoms with Crippen LogP contribution in [-0.4, -0.2) is 15.0 Å². The van der Waals surface area contributed by atoms with Gasteiger partial charge in [-0.2, -0.15) is 0 Å². The van der Waals surface area contributed by atoms with Gasteiger partial charge in [-0.1, -0.05) is 11.6 Å². The van der Waals surface area contributed by atoms with Crippen LogP contribution in [0.1, 0.15) is 0 Å². The number of aromatic nitrogens is 3. The lowest BCUT2D eigenvalue weighted by Gasteiger charge is -2.01. The summed E-state index contributed by atoms with van der Waals surface area (Å²) in [4.78, 5) is 12.2. The highest BCUT2D eigenvalue weighted by molar-refractivity contribution is 7.99. The molecule has 6 heteroatoms. The predicted octanol–water partition coefficient (Wildman–Crippen LogP) is 2.26. The maximum Gasteiger partial charge on any atom is 0.193 e. The third-order valence-electron chi connectivity index (χ3n) is 1.56. The van der Waals surface area contributed by atoms with Crippen molar-refractivity contribution < 1.29 is 0 Å². The predicted molar refractivity (Wildman–Crippen MR) is 59.8 cm³/mol. The number of hydrogen-bond donors (Lipinski definition) is 1. The standard InChI is InChI=1S/C9H7ClN4S/c10-7-4-6(11)5-14-8(7)15-9-12-2-1-3-13-9/h1-5H,11H2. The van der Waals surface area contributed by atoms with E-state index in [4.69, 9.17) is 17.3 Å². The molecule has 2 N–H and O–H groups in total. The first-order valence-electron chi connectivity index (χ1n) is 4.11. The number of nitrogens with zero attached hydrogens (tertiary/aromatic N) is 3. The van der Waals surface area contributed by atoms with Gasteiger partial charge < -0.3 is 5.73 Å². The number of hydrogen-bond acceptors (Lipinski definition) is 5. The Morgan fingerprint density at radius 1 is 1.20 bits per heavy atom. The van der Waals surface area contributed by atoms with Crippen LogP contribution < -0.4 is 5.73 Å². The molecule has 0 aliphatic heterocycles. The maximum atomic E-state index is 5.96. The minimum atomic E-state index is 0.507. The van der Waals surface area contributed by atoms with Crippen LogP contribution in [0.4, 0.5) is 5.69 Å². The van der Waals surface area contributed by atoms with Gasteiger partial charge in [0.05, 0.1) is 16.9 Å². The Labute approximate surface area is 95.9 Å². The summed E-state index contributed by atoms with van der Waals surface area (Å²) in [5.74, 6) is 0. The van der Waals surface area contributed by atoms with Crippen LogP contribution in [-0.2, 0) is 0 Å². The van der Waals surface area contributed by atoms with Gasteiger partial charge in [-0.3, -0.25) is 0 Å². The van der Waals surface area contributed by atoms with Crippen LogP contribution in [0.5, 0.6) is 0 Å². The molecular weight excluding hydrogens is 232 g/mol. The molecule has 0 bridgehead atoms. The largest absolute Gasteiger partial charge is 0.397 e. The lowest BCUT2D eigenvalue weighted by atomic mass is 10.4. The molecule has 4 nitrogen and oxygen atoms in total. The van der Waals surface area contributed by atoms with E-state index in [0.29, 0.717) is 20.9 Å². The van der Waals surface area contributed by atoms with Crippen molar-refractivity contribution in [2.45, 2.75) is 10.2 Å². The van der Waals surface area contributed by atoms with Crippen molar-refractivity contribution in [3.05, 3.63) is 35.7 Å². The minimum Gasteiger partial charge on any atom is -0.397 e. The Kier molecular flexibility index (Phi) is 3.03. The van der Waals surface area contributed by atoms with Crippen molar-refractivity contribution in [2.75, 3.05) is 5.73 Å². The van der Waals surface area contributed by atoms with Gasteiger partial charge >= 0.3 is 0 Å². The Bertz CT molecular complexity index is 463. The van der Waals surface area contributed by atoms with E-state index < -0.39 is 0 Å². The molecule has 2 aromatic rings. The fourth-order valence-corrected chi connectivity index (χ4v) is 1.89. The summed E-state index contributed by atoms with van der Waals surface area (Å²) < 4.78 is 0. The molecule has 0 saturated heterocycles. The smallest absolute Gasteiger partial charge is 0.193 e. The summed E-state index contributed by atoms with van der Waals surface area (Å²) in [7, 11) is 0. The summed E-state index contributed by atoms with van der Waals surface area (Å²) in [6.45, 7) is 0. The average molecular weight is 239 g/mol. The first-order valence-corrected chi connectivity index (χ1v) is 5.31. The third kappa shape index (κ3) is 2.57. The van der Waals surface area contributed by atoms with Crippen LogP contribution >= 0.6 is 23.4 Å². The van der Waals surface area contributed by atoms with Gasteiger partial charge in [-0.15, -0.1) is 0 Å². The van der Waals surface area contributed by atoms with E-state index >= 15 is 0 Å². The van der Waals surface area contributed by atoms with Crippen molar-refractivity contribution >= 4 is 29.1 Å². The van der Waals surface area contributed by atoms with E-state index in [1.54, 1.807) is 30.7 Å². The van der Waals surface area contributed by atoms with Gasteiger partial charge in [0.15, 0.2) is 5.16 Å². The molecule has 0 amide bonds. The normalized spacial score (nSPS) is 10.2. The van der Waals surface area contributed by atoms with Crippen molar-refractivity contribution in [3.8, 4) is 0 Å². The van der Waals surface area contributed by atoms with Gasteiger partial charge in [0.1, 0.15) is 5.03 Å². The monoisotopic (exact) mass is 238 g/mol. The van der Waals surface area contributed by atoms with Crippen LogP contribution in [0, 0.1) is 0 Å². The topological polar surface area (TPSA) is 64.7 Å². The SMILES string of the molecule is Nc1cnc(Sc2ncccn2)c(Cl)c1. The van der Waals surface area contributed by atoms with E-state index in [0.717, 1.165) is 0 Å². The Hall–Kier alpha value is -1.33. The molecule has 0 unspecified atom stereocenters. The summed E-state index contributed by atoms with van der Waals surface area (Å²) in [5.41, 5.74) is 6.07. The number of nitrogens with two attached hydrogens (primary N) is 1. The summed E-state index contributed by atoms with van der Waals surface area (Å²) in [6.07, 6.45) is 4.89. The van der Waals surface area contributed by atoms with Crippen molar-refractivity contribution in [3.63, 3.8) is 0 Å². The van der Waals surface area contributed by atoms with Gasteiger partial charge in [0, 0.05) is 12.4 Å². The van der Waals surface area contributed by atoms with Gasteiger partial charge in [0.25, 0.3) is 0 Å². The first kappa shape index (κ1) is 10.2. The van der Waals surface area contributed by atoms with Gasteiger partial charge in [-0.25, -0.2) is 15.0 Å². The number of pyridine rings is 1. The van der Waals surface area contributed by atoms with Crippen LogP contribution in [0.2, 0.25) is 5.02 Å². The number of anilines is 1. The number of halogens is 1. The molecule has 76 valence electrons. The average Bonchev–Trinajstić information content (AvgIpc) is 2.24. The van der Waals surface area contributed by atoms with E-state index in [1.807, 2.05) is 0 Å². The van der Waals surface area contributed by atoms with Crippen molar-refractivity contribution in [1.29, 1.82) is 0 Å². The first-order chi connectivity index (χ1) is 7.25. The quantitative estimate of drug-likeness (QED) is 0.813. The molecule has 0 radical (unpaired) electrons. The van der Waals surface area contributed by atoms with Gasteiger partial charge in [0.2, 0.25) is 0 Å².